The lowest BCUT2D eigenvalue weighted by atomic mass is 9.90. The maximum atomic E-state index is 10.5. The van der Waals surface area contributed by atoms with Crippen molar-refractivity contribution in [1.82, 2.24) is 4.90 Å². The molecule has 0 aromatic heterocycles. The van der Waals surface area contributed by atoms with Gasteiger partial charge in [-0.1, -0.05) is 227 Å². The van der Waals surface area contributed by atoms with Gasteiger partial charge in [-0.3, -0.25) is 0 Å². The van der Waals surface area contributed by atoms with Crippen molar-refractivity contribution in [2.24, 2.45) is 11.8 Å². The Labute approximate surface area is 384 Å². The van der Waals surface area contributed by atoms with Gasteiger partial charge in [-0.15, -0.1) is 0 Å². The number of nitrogens with zero attached hydrogens (tertiary/aromatic N) is 1. The number of aliphatic hydroxyl groups excluding tert-OH is 1. The minimum absolute atomic E-state index is 0.510. The Bertz CT molecular complexity index is 743. The molecule has 0 radical (unpaired) electrons. The summed E-state index contributed by atoms with van der Waals surface area (Å²) in [5, 5.41) is 7.00. The number of hydrogen-bond donors (Lipinski definition) is 1. The van der Waals surface area contributed by atoms with E-state index < -0.39 is 0 Å². The highest BCUT2D eigenvalue weighted by Crippen LogP contribution is 2.25. The third kappa shape index (κ3) is 51.7. The first-order valence-electron chi connectivity index (χ1n) is 27.1. The predicted molar refractivity (Wildman–Crippen MR) is 269 cm³/mol. The van der Waals surface area contributed by atoms with Crippen molar-refractivity contribution in [1.29, 1.82) is 0 Å². The maximum absolute atomic E-state index is 10.5. The first kappa shape index (κ1) is 64.5. The fourth-order valence-corrected chi connectivity index (χ4v) is 9.05. The van der Waals surface area contributed by atoms with Crippen molar-refractivity contribution in [3.05, 3.63) is 0 Å². The van der Waals surface area contributed by atoms with Gasteiger partial charge in [0.15, 0.2) is 0 Å². The number of ether oxygens (including phenoxy) is 2. The van der Waals surface area contributed by atoms with Gasteiger partial charge in [0.2, 0.25) is 0 Å². The van der Waals surface area contributed by atoms with E-state index in [2.05, 4.69) is 32.6 Å². The predicted octanol–water partition coefficient (Wildman–Crippen LogP) is 16.5. The van der Waals surface area contributed by atoms with Gasteiger partial charge in [-0.05, 0) is 76.4 Å². The number of carbonyl (C=O) groups is 2. The molecule has 1 fully saturated rings. The minimum atomic E-state index is 0.510. The van der Waals surface area contributed by atoms with Gasteiger partial charge in [-0.2, -0.15) is 0 Å². The quantitative estimate of drug-likeness (QED) is 0.0485. The van der Waals surface area contributed by atoms with E-state index in [4.69, 9.17) is 19.4 Å². The van der Waals surface area contributed by atoms with Crippen LogP contribution in [0.2, 0.25) is 0 Å². The lowest BCUT2D eigenvalue weighted by Gasteiger charge is -2.19. The van der Waals surface area contributed by atoms with Gasteiger partial charge in [0.25, 0.3) is 0 Å². The summed E-state index contributed by atoms with van der Waals surface area (Å²) in [7, 11) is 2.81. The molecule has 368 valence electrons. The Morgan fingerprint density at radius 3 is 1.21 bits per heavy atom. The summed E-state index contributed by atoms with van der Waals surface area (Å²) in [6.07, 6.45) is 54.7. The van der Waals surface area contributed by atoms with E-state index in [0.29, 0.717) is 12.0 Å². The van der Waals surface area contributed by atoms with Gasteiger partial charge in [0, 0.05) is 33.9 Å². The summed E-state index contributed by atoms with van der Waals surface area (Å²) in [6, 6.07) is 0. The van der Waals surface area contributed by atoms with E-state index in [1.165, 1.54) is 264 Å². The number of rotatable bonds is 45. The zero-order valence-electron chi connectivity index (χ0n) is 42.7. The number of unbranched alkanes of at least 4 members (excludes halogenated alkanes) is 22. The first-order valence-corrected chi connectivity index (χ1v) is 27.1. The van der Waals surface area contributed by atoms with E-state index in [-0.39, 0.29) is 0 Å². The molecular formula is C55H113NO5. The normalized spacial score (nSPS) is 13.1. The van der Waals surface area contributed by atoms with Crippen LogP contribution in [-0.2, 0) is 19.1 Å². The summed E-state index contributed by atoms with van der Waals surface area (Å²) in [5.74, 6) is 1.69. The Morgan fingerprint density at radius 1 is 0.475 bits per heavy atom. The topological polar surface area (TPSA) is 76.1 Å². The molecule has 6 heteroatoms. The maximum Gasteiger partial charge on any atom is 0.120 e. The van der Waals surface area contributed by atoms with Crippen LogP contribution < -0.4 is 0 Å². The van der Waals surface area contributed by atoms with Crippen molar-refractivity contribution in [3.63, 3.8) is 0 Å². The Balaban J connectivity index is -0.00000157. The number of carbonyl (C=O) groups excluding carboxylic acids is 2. The second-order valence-electron chi connectivity index (χ2n) is 18.5. The van der Waals surface area contributed by atoms with Crippen LogP contribution in [0.4, 0.5) is 0 Å². The van der Waals surface area contributed by atoms with E-state index >= 15 is 0 Å². The molecule has 1 aliphatic rings. The molecule has 0 aromatic carbocycles. The lowest BCUT2D eigenvalue weighted by molar-refractivity contribution is -0.108. The average molecular weight is 869 g/mol. The van der Waals surface area contributed by atoms with E-state index in [1.54, 1.807) is 0 Å². The van der Waals surface area contributed by atoms with Crippen LogP contribution >= 0.6 is 0 Å². The molecule has 0 saturated carbocycles. The molecule has 1 heterocycles. The number of aliphatic hydroxyl groups is 1. The third-order valence-corrected chi connectivity index (χ3v) is 13.0. The molecule has 1 rings (SSSR count). The van der Waals surface area contributed by atoms with Crippen molar-refractivity contribution in [3.8, 4) is 0 Å². The smallest absolute Gasteiger partial charge is 0.120 e. The van der Waals surface area contributed by atoms with Crippen LogP contribution in [0, 0.1) is 11.8 Å². The fourth-order valence-electron chi connectivity index (χ4n) is 9.05. The van der Waals surface area contributed by atoms with Crippen LogP contribution in [0.3, 0.4) is 0 Å². The highest BCUT2D eigenvalue weighted by atomic mass is 16.5. The molecule has 1 aliphatic heterocycles. The summed E-state index contributed by atoms with van der Waals surface area (Å²) in [4.78, 5) is 21.1. The fraction of sp³-hybridized carbons (Fsp3) is 0.964. The standard InChI is InChI=1S/C40H81NO2.C13H26O.CH4O.CH2O/c1-4-6-19-29-39(30-20-7-5-2)31-21-15-11-8-9-12-16-22-32-40(33-23-17-13-10-14-18-27-37-42-3)43-38-28-26-36-41-34-24-25-35-41;1-3-5-7-9-13(11-12-14)10-8-6-4-2;2*1-2/h39-40H,4-38H2,1-3H3;12-13H,3-11H2,1-2H3;2H,1H3;1H2. The highest BCUT2D eigenvalue weighted by Gasteiger charge is 2.13. The van der Waals surface area contributed by atoms with Crippen molar-refractivity contribution < 1.29 is 24.2 Å². The number of hydrogen-bond acceptors (Lipinski definition) is 6. The SMILES string of the molecule is C=O.CCCCCC(CC=O)CCCCC.CCCCCC(CCCCC)CCCCCCCCCCC(CCCCCCCCCOC)OCCCCN1CCCC1.CO. The summed E-state index contributed by atoms with van der Waals surface area (Å²) in [5.41, 5.74) is 0. The second kappa shape index (κ2) is 59.2. The summed E-state index contributed by atoms with van der Waals surface area (Å²) in [6.45, 7) is 17.0. The zero-order valence-corrected chi connectivity index (χ0v) is 42.7. The molecular weight excluding hydrogens is 755 g/mol. The van der Waals surface area contributed by atoms with Gasteiger partial charge in [-0.25, -0.2) is 0 Å². The summed E-state index contributed by atoms with van der Waals surface area (Å²) < 4.78 is 11.7. The number of likely N-dealkylation sites (tertiary alicyclic amines) is 1. The molecule has 0 spiro atoms. The molecule has 1 atom stereocenters. The van der Waals surface area contributed by atoms with Crippen molar-refractivity contribution in [2.75, 3.05) is 47.1 Å². The first-order chi connectivity index (χ1) is 30.1. The molecule has 61 heavy (non-hydrogen) atoms. The Morgan fingerprint density at radius 2 is 0.820 bits per heavy atom. The molecule has 0 aromatic rings. The molecule has 0 amide bonds. The van der Waals surface area contributed by atoms with Crippen LogP contribution in [0.1, 0.15) is 278 Å². The average Bonchev–Trinajstić information content (AvgIpc) is 3.81. The van der Waals surface area contributed by atoms with Crippen LogP contribution in [-0.4, -0.2) is 76.3 Å². The highest BCUT2D eigenvalue weighted by molar-refractivity contribution is 5.49. The van der Waals surface area contributed by atoms with Gasteiger partial charge >= 0.3 is 0 Å². The minimum Gasteiger partial charge on any atom is -0.400 e. The van der Waals surface area contributed by atoms with Crippen molar-refractivity contribution in [2.45, 2.75) is 284 Å². The van der Waals surface area contributed by atoms with Crippen LogP contribution in [0.25, 0.3) is 0 Å². The Hall–Kier alpha value is -0.820. The second-order valence-corrected chi connectivity index (χ2v) is 18.5. The monoisotopic (exact) mass is 868 g/mol. The van der Waals surface area contributed by atoms with Gasteiger partial charge in [0.05, 0.1) is 6.10 Å². The van der Waals surface area contributed by atoms with Crippen molar-refractivity contribution >= 4 is 13.1 Å². The van der Waals surface area contributed by atoms with E-state index in [9.17, 15) is 4.79 Å². The molecule has 1 N–H and O–H groups in total. The third-order valence-electron chi connectivity index (χ3n) is 13.0. The number of methoxy groups -OCH3 is 1. The van der Waals surface area contributed by atoms with E-state index in [0.717, 1.165) is 38.9 Å². The van der Waals surface area contributed by atoms with Crippen LogP contribution in [0.15, 0.2) is 0 Å². The molecule has 1 unspecified atom stereocenters. The number of aldehydes is 1. The summed E-state index contributed by atoms with van der Waals surface area (Å²) >= 11 is 0. The Kier molecular flexibility index (Phi) is 62.5. The van der Waals surface area contributed by atoms with Crippen LogP contribution in [0.5, 0.6) is 0 Å². The van der Waals surface area contributed by atoms with Gasteiger partial charge in [0.1, 0.15) is 13.1 Å². The molecule has 6 nitrogen and oxygen atoms in total. The van der Waals surface area contributed by atoms with Gasteiger partial charge < -0.3 is 29.1 Å². The largest absolute Gasteiger partial charge is 0.400 e. The lowest BCUT2D eigenvalue weighted by Crippen LogP contribution is -2.21. The zero-order chi connectivity index (χ0) is 45.5. The molecule has 0 bridgehead atoms. The van der Waals surface area contributed by atoms with E-state index in [1.807, 2.05) is 13.9 Å². The molecule has 1 saturated heterocycles. The molecule has 0 aliphatic carbocycles.